The third kappa shape index (κ3) is 9.91. The van der Waals surface area contributed by atoms with E-state index in [0.717, 1.165) is 88.2 Å². The van der Waals surface area contributed by atoms with Crippen LogP contribution in [0.2, 0.25) is 0 Å². The largest absolute Gasteiger partial charge is 0.398 e. The number of benzene rings is 1. The monoisotopic (exact) mass is 583 g/mol. The molecule has 8 heteroatoms. The van der Waals surface area contributed by atoms with E-state index in [2.05, 4.69) is 5.32 Å². The van der Waals surface area contributed by atoms with Gasteiger partial charge in [0.1, 0.15) is 0 Å². The zero-order valence-corrected chi connectivity index (χ0v) is 26.5. The third-order valence-corrected chi connectivity index (χ3v) is 9.27. The highest BCUT2D eigenvalue weighted by molar-refractivity contribution is 6.12. The molecule has 0 unspecified atom stereocenters. The van der Waals surface area contributed by atoms with Crippen molar-refractivity contribution in [3.8, 4) is 0 Å². The number of nitrogen functional groups attached to an aromatic ring is 2. The van der Waals surface area contributed by atoms with Crippen molar-refractivity contribution < 1.29 is 14.4 Å². The first-order valence-corrected chi connectivity index (χ1v) is 16.9. The maximum absolute atomic E-state index is 14.0. The Balaban J connectivity index is 1.84. The molecule has 0 spiro atoms. The summed E-state index contributed by atoms with van der Waals surface area (Å²) in [5.41, 5.74) is 16.2. The highest BCUT2D eigenvalue weighted by Gasteiger charge is 2.30. The first-order valence-electron chi connectivity index (χ1n) is 16.9. The molecular formula is C34H57N5O3. The first-order chi connectivity index (χ1) is 20.3. The van der Waals surface area contributed by atoms with Gasteiger partial charge in [0.15, 0.2) is 0 Å². The van der Waals surface area contributed by atoms with Gasteiger partial charge in [-0.2, -0.15) is 0 Å². The van der Waals surface area contributed by atoms with Gasteiger partial charge in [0.05, 0.1) is 16.8 Å². The Morgan fingerprint density at radius 1 is 0.500 bits per heavy atom. The highest BCUT2D eigenvalue weighted by atomic mass is 16.2. The van der Waals surface area contributed by atoms with Crippen molar-refractivity contribution in [2.45, 2.75) is 129 Å². The molecule has 0 saturated heterocycles. The minimum atomic E-state index is -0.165. The fraction of sp³-hybridized carbons (Fsp3) is 0.735. The number of nitrogens with zero attached hydrogens (tertiary/aromatic N) is 2. The fourth-order valence-corrected chi connectivity index (χ4v) is 6.38. The minimum absolute atomic E-state index is 0.0681. The van der Waals surface area contributed by atoms with Gasteiger partial charge in [0.25, 0.3) is 11.8 Å². The van der Waals surface area contributed by atoms with Crippen LogP contribution in [0.3, 0.4) is 0 Å². The summed E-state index contributed by atoms with van der Waals surface area (Å²) in [4.78, 5) is 44.1. The van der Waals surface area contributed by atoms with Crippen LogP contribution in [0.25, 0.3) is 0 Å². The number of nitrogens with one attached hydrogen (secondary N) is 1. The topological polar surface area (TPSA) is 122 Å². The van der Waals surface area contributed by atoms with E-state index in [-0.39, 0.29) is 23.4 Å². The van der Waals surface area contributed by atoms with Gasteiger partial charge in [-0.05, 0) is 63.5 Å². The Kier molecular flexibility index (Phi) is 14.5. The van der Waals surface area contributed by atoms with Gasteiger partial charge >= 0.3 is 0 Å². The number of anilines is 2. The van der Waals surface area contributed by atoms with Crippen molar-refractivity contribution in [3.63, 3.8) is 0 Å². The molecule has 2 aliphatic heterocycles. The summed E-state index contributed by atoms with van der Waals surface area (Å²) in [7, 11) is 0. The van der Waals surface area contributed by atoms with Gasteiger partial charge < -0.3 is 26.6 Å². The second-order valence-electron chi connectivity index (χ2n) is 12.5. The third-order valence-electron chi connectivity index (χ3n) is 9.27. The molecule has 0 fully saturated rings. The van der Waals surface area contributed by atoms with Crippen LogP contribution in [0.1, 0.15) is 147 Å². The molecule has 1 aromatic rings. The molecule has 0 aromatic heterocycles. The summed E-state index contributed by atoms with van der Waals surface area (Å²) < 4.78 is 0. The SMILES string of the molecule is Cc1c(C)c2c(N)c(c1N)C(=O)N1CCCCCCNC(=O)CCCCCCCCCCCN(CCCCCC1)C2=O. The van der Waals surface area contributed by atoms with Gasteiger partial charge in [0.2, 0.25) is 5.91 Å². The normalized spacial score (nSPS) is 20.8. The quantitative estimate of drug-likeness (QED) is 0.300. The molecule has 3 amide bonds. The van der Waals surface area contributed by atoms with Crippen molar-refractivity contribution in [3.05, 3.63) is 22.3 Å². The molecule has 42 heavy (non-hydrogen) atoms. The lowest BCUT2D eigenvalue weighted by Gasteiger charge is -2.28. The van der Waals surface area contributed by atoms with Crippen LogP contribution in [0, 0.1) is 13.8 Å². The predicted molar refractivity (Wildman–Crippen MR) is 173 cm³/mol. The maximum atomic E-state index is 14.0. The molecule has 236 valence electrons. The van der Waals surface area contributed by atoms with E-state index >= 15 is 0 Å². The van der Waals surface area contributed by atoms with Gasteiger partial charge in [-0.3, -0.25) is 14.4 Å². The summed E-state index contributed by atoms with van der Waals surface area (Å²) >= 11 is 0. The smallest absolute Gasteiger partial charge is 0.258 e. The number of hydrogen-bond donors (Lipinski definition) is 3. The molecule has 4 bridgehead atoms. The van der Waals surface area contributed by atoms with Crippen molar-refractivity contribution in [2.75, 3.05) is 44.2 Å². The number of rotatable bonds is 0. The van der Waals surface area contributed by atoms with Crippen LogP contribution >= 0.6 is 0 Å². The Bertz CT molecular complexity index is 1040. The van der Waals surface area contributed by atoms with Crippen LogP contribution < -0.4 is 16.8 Å². The van der Waals surface area contributed by atoms with Crippen LogP contribution in [0.15, 0.2) is 0 Å². The van der Waals surface area contributed by atoms with E-state index in [9.17, 15) is 14.4 Å². The molecule has 0 aliphatic carbocycles. The molecule has 3 rings (SSSR count). The highest BCUT2D eigenvalue weighted by Crippen LogP contribution is 2.34. The molecule has 2 heterocycles. The summed E-state index contributed by atoms with van der Waals surface area (Å²) in [6, 6.07) is 0. The summed E-state index contributed by atoms with van der Waals surface area (Å²) in [5, 5.41) is 3.07. The number of nitrogens with two attached hydrogens (primary N) is 2. The number of fused-ring (bicyclic) bond motifs is 2. The van der Waals surface area contributed by atoms with Crippen LogP contribution in [0.4, 0.5) is 11.4 Å². The molecule has 0 saturated carbocycles. The first kappa shape index (κ1) is 33.7. The van der Waals surface area contributed by atoms with Crippen LogP contribution in [0.5, 0.6) is 0 Å². The minimum Gasteiger partial charge on any atom is -0.398 e. The van der Waals surface area contributed by atoms with E-state index < -0.39 is 0 Å². The average Bonchev–Trinajstić information content (AvgIpc) is 2.97. The lowest BCUT2D eigenvalue weighted by molar-refractivity contribution is -0.121. The standard InChI is InChI=1S/C34H57N5O3/c1-26-27(2)31(35)30-32(36)29(26)33(41)38-22-16-10-7-5-3-4-6-8-14-20-28(40)37-21-15-9-11-17-24-39(34(30)42)25-19-13-12-18-23-38/h3-25,35-36H2,1-2H3,(H,37,40). The molecule has 0 radical (unpaired) electrons. The van der Waals surface area contributed by atoms with Crippen molar-refractivity contribution >= 4 is 29.1 Å². The molecular weight excluding hydrogens is 526 g/mol. The zero-order chi connectivity index (χ0) is 30.3. The lowest BCUT2D eigenvalue weighted by atomic mass is 9.92. The van der Waals surface area contributed by atoms with E-state index in [1.807, 2.05) is 23.6 Å². The second kappa shape index (κ2) is 18.0. The Morgan fingerprint density at radius 3 is 1.40 bits per heavy atom. The Hall–Kier alpha value is -2.77. The molecule has 5 N–H and O–H groups in total. The molecule has 2 aliphatic rings. The van der Waals surface area contributed by atoms with Crippen molar-refractivity contribution in [1.29, 1.82) is 0 Å². The van der Waals surface area contributed by atoms with Gasteiger partial charge in [-0.15, -0.1) is 0 Å². The molecule has 1 aromatic carbocycles. The zero-order valence-electron chi connectivity index (χ0n) is 26.5. The Labute approximate surface area is 254 Å². The van der Waals surface area contributed by atoms with Gasteiger partial charge in [0, 0.05) is 44.8 Å². The van der Waals surface area contributed by atoms with E-state index in [1.165, 1.54) is 32.1 Å². The fourth-order valence-electron chi connectivity index (χ4n) is 6.38. The number of carbonyl (C=O) groups is 3. The molecule has 0 atom stereocenters. The van der Waals surface area contributed by atoms with Crippen LogP contribution in [-0.2, 0) is 4.79 Å². The maximum Gasteiger partial charge on any atom is 0.258 e. The summed E-state index contributed by atoms with van der Waals surface area (Å²) in [5.74, 6) is -0.0656. The van der Waals surface area contributed by atoms with Gasteiger partial charge in [-0.1, -0.05) is 70.6 Å². The van der Waals surface area contributed by atoms with E-state index in [0.29, 0.717) is 56.0 Å². The van der Waals surface area contributed by atoms with E-state index in [4.69, 9.17) is 11.5 Å². The van der Waals surface area contributed by atoms with Crippen molar-refractivity contribution in [1.82, 2.24) is 15.1 Å². The molecule has 8 nitrogen and oxygen atoms in total. The lowest BCUT2D eigenvalue weighted by Crippen LogP contribution is -2.36. The number of amides is 3. The predicted octanol–water partition coefficient (Wildman–Crippen LogP) is 6.52. The summed E-state index contributed by atoms with van der Waals surface area (Å²) in [6.07, 6.45) is 18.5. The van der Waals surface area contributed by atoms with Gasteiger partial charge in [-0.25, -0.2) is 0 Å². The van der Waals surface area contributed by atoms with Crippen LogP contribution in [-0.4, -0.2) is 60.2 Å². The number of carbonyl (C=O) groups excluding carboxylic acids is 3. The Morgan fingerprint density at radius 2 is 0.905 bits per heavy atom. The van der Waals surface area contributed by atoms with E-state index in [1.54, 1.807) is 0 Å². The van der Waals surface area contributed by atoms with Crippen molar-refractivity contribution in [2.24, 2.45) is 0 Å². The second-order valence-corrected chi connectivity index (χ2v) is 12.5. The summed E-state index contributed by atoms with van der Waals surface area (Å²) in [6.45, 7) is 7.22. The average molecular weight is 584 g/mol. The number of hydrogen-bond acceptors (Lipinski definition) is 5.